The Morgan fingerprint density at radius 1 is 1.41 bits per heavy atom. The maximum absolute atomic E-state index is 11.6. The molecule has 0 saturated carbocycles. The van der Waals surface area contributed by atoms with Crippen molar-refractivity contribution in [3.05, 3.63) is 34.6 Å². The molecule has 6 heteroatoms. The van der Waals surface area contributed by atoms with Crippen LogP contribution in [-0.4, -0.2) is 21.9 Å². The minimum atomic E-state index is -0.570. The van der Waals surface area contributed by atoms with Gasteiger partial charge in [-0.2, -0.15) is 0 Å². The van der Waals surface area contributed by atoms with E-state index in [0.29, 0.717) is 10.9 Å². The molecule has 0 unspecified atom stereocenters. The first kappa shape index (κ1) is 11.5. The Labute approximate surface area is 101 Å². The minimum absolute atomic E-state index is 0.186. The number of aromatic amines is 1. The molecule has 0 atom stereocenters. The summed E-state index contributed by atoms with van der Waals surface area (Å²) in [6.45, 7) is 0. The summed E-state index contributed by atoms with van der Waals surface area (Å²) in [5.41, 5.74) is -0.257. The van der Waals surface area contributed by atoms with E-state index in [9.17, 15) is 14.7 Å². The van der Waals surface area contributed by atoms with E-state index in [4.69, 9.17) is 11.6 Å². The fraction of sp³-hybridized carbons (Fsp3) is 0.0909. The van der Waals surface area contributed by atoms with Gasteiger partial charge in [-0.15, -0.1) is 11.6 Å². The van der Waals surface area contributed by atoms with Gasteiger partial charge < -0.3 is 15.4 Å². The number of nitrogens with one attached hydrogen (secondary N) is 2. The van der Waals surface area contributed by atoms with E-state index in [1.165, 1.54) is 0 Å². The molecule has 1 aromatic carbocycles. The smallest absolute Gasteiger partial charge is 0.276 e. The molecule has 0 aliphatic rings. The van der Waals surface area contributed by atoms with Crippen molar-refractivity contribution in [2.24, 2.45) is 0 Å². The molecule has 0 spiro atoms. The number of pyridine rings is 1. The van der Waals surface area contributed by atoms with Gasteiger partial charge in [-0.3, -0.25) is 9.59 Å². The highest BCUT2D eigenvalue weighted by molar-refractivity contribution is 6.29. The molecule has 1 amide bonds. The number of hydrogen-bond donors (Lipinski definition) is 3. The van der Waals surface area contributed by atoms with Crippen LogP contribution in [-0.2, 0) is 4.79 Å². The maximum Gasteiger partial charge on any atom is 0.276 e. The number of para-hydroxylation sites is 1. The predicted octanol–water partition coefficient (Wildman–Crippen LogP) is 1.41. The lowest BCUT2D eigenvalue weighted by molar-refractivity contribution is -0.113. The Bertz CT molecular complexity index is 636. The van der Waals surface area contributed by atoms with Gasteiger partial charge in [0, 0.05) is 5.39 Å². The number of amides is 1. The topological polar surface area (TPSA) is 82.2 Å². The van der Waals surface area contributed by atoms with Crippen LogP contribution in [0.4, 0.5) is 5.69 Å². The lowest BCUT2D eigenvalue weighted by Gasteiger charge is -2.07. The van der Waals surface area contributed by atoms with Gasteiger partial charge >= 0.3 is 0 Å². The highest BCUT2D eigenvalue weighted by atomic mass is 35.5. The zero-order valence-electron chi connectivity index (χ0n) is 8.66. The van der Waals surface area contributed by atoms with E-state index in [-0.39, 0.29) is 17.3 Å². The van der Waals surface area contributed by atoms with Crippen molar-refractivity contribution in [2.75, 3.05) is 11.2 Å². The summed E-state index contributed by atoms with van der Waals surface area (Å²) in [4.78, 5) is 25.3. The molecular formula is C11H9ClN2O3. The van der Waals surface area contributed by atoms with Gasteiger partial charge in [-0.25, -0.2) is 0 Å². The molecule has 17 heavy (non-hydrogen) atoms. The third-order valence-electron chi connectivity index (χ3n) is 2.28. The number of aromatic nitrogens is 1. The fourth-order valence-electron chi connectivity index (χ4n) is 1.51. The number of hydrogen-bond acceptors (Lipinski definition) is 3. The molecule has 1 aromatic heterocycles. The SMILES string of the molecule is O=C(CCl)Nc1c(O)c2ccccc2[nH]c1=O. The highest BCUT2D eigenvalue weighted by Crippen LogP contribution is 2.27. The summed E-state index contributed by atoms with van der Waals surface area (Å²) in [7, 11) is 0. The molecule has 5 nitrogen and oxygen atoms in total. The molecule has 2 aromatic rings. The number of rotatable bonds is 2. The van der Waals surface area contributed by atoms with Crippen LogP contribution in [0.5, 0.6) is 5.75 Å². The molecular weight excluding hydrogens is 244 g/mol. The van der Waals surface area contributed by atoms with Crippen molar-refractivity contribution in [1.29, 1.82) is 0 Å². The second-order valence-electron chi connectivity index (χ2n) is 3.41. The standard InChI is InChI=1S/C11H9ClN2O3/c12-5-8(15)14-9-10(16)6-3-1-2-4-7(6)13-11(9)17/h1-4H,5H2,(H,14,15)(H2,13,16,17). The maximum atomic E-state index is 11.6. The van der Waals surface area contributed by atoms with Crippen LogP contribution in [0.15, 0.2) is 29.1 Å². The average molecular weight is 253 g/mol. The molecule has 88 valence electrons. The van der Waals surface area contributed by atoms with Crippen LogP contribution < -0.4 is 10.9 Å². The van der Waals surface area contributed by atoms with Gasteiger partial charge in [0.05, 0.1) is 5.52 Å². The zero-order chi connectivity index (χ0) is 12.4. The van der Waals surface area contributed by atoms with Crippen LogP contribution in [0.25, 0.3) is 10.9 Å². The fourth-order valence-corrected chi connectivity index (χ4v) is 1.58. The van der Waals surface area contributed by atoms with E-state index in [2.05, 4.69) is 10.3 Å². The Morgan fingerprint density at radius 2 is 2.12 bits per heavy atom. The summed E-state index contributed by atoms with van der Waals surface area (Å²) < 4.78 is 0. The molecule has 0 saturated heterocycles. The highest BCUT2D eigenvalue weighted by Gasteiger charge is 2.13. The molecule has 0 radical (unpaired) electrons. The van der Waals surface area contributed by atoms with E-state index in [1.54, 1.807) is 24.3 Å². The molecule has 0 bridgehead atoms. The Morgan fingerprint density at radius 3 is 2.82 bits per heavy atom. The van der Waals surface area contributed by atoms with Gasteiger partial charge in [-0.05, 0) is 12.1 Å². The molecule has 2 rings (SSSR count). The van der Waals surface area contributed by atoms with Gasteiger partial charge in [0.15, 0.2) is 5.75 Å². The number of benzene rings is 1. The average Bonchev–Trinajstić information content (AvgIpc) is 2.34. The molecule has 3 N–H and O–H groups in total. The number of alkyl halides is 1. The zero-order valence-corrected chi connectivity index (χ0v) is 9.41. The summed E-state index contributed by atoms with van der Waals surface area (Å²) >= 11 is 5.32. The number of carbonyl (C=O) groups excluding carboxylic acids is 1. The van der Waals surface area contributed by atoms with Crippen LogP contribution in [0.3, 0.4) is 0 Å². The van der Waals surface area contributed by atoms with Crippen molar-refractivity contribution in [1.82, 2.24) is 4.98 Å². The van der Waals surface area contributed by atoms with Crippen LogP contribution >= 0.6 is 11.6 Å². The summed E-state index contributed by atoms with van der Waals surface area (Å²) in [5.74, 6) is -1.10. The van der Waals surface area contributed by atoms with Crippen LogP contribution in [0.2, 0.25) is 0 Å². The molecule has 0 fully saturated rings. The number of halogens is 1. The summed E-state index contributed by atoms with van der Waals surface area (Å²) in [6.07, 6.45) is 0. The lowest BCUT2D eigenvalue weighted by atomic mass is 10.2. The van der Waals surface area contributed by atoms with Crippen molar-refractivity contribution >= 4 is 34.1 Å². The van der Waals surface area contributed by atoms with Crippen molar-refractivity contribution in [3.63, 3.8) is 0 Å². The van der Waals surface area contributed by atoms with Gasteiger partial charge in [-0.1, -0.05) is 12.1 Å². The van der Waals surface area contributed by atoms with Gasteiger partial charge in [0.1, 0.15) is 11.6 Å². The summed E-state index contributed by atoms with van der Waals surface area (Å²) in [5, 5.41) is 12.6. The number of fused-ring (bicyclic) bond motifs is 1. The number of carbonyl (C=O) groups is 1. The summed E-state index contributed by atoms with van der Waals surface area (Å²) in [6, 6.07) is 6.74. The lowest BCUT2D eigenvalue weighted by Crippen LogP contribution is -2.20. The van der Waals surface area contributed by atoms with Crippen molar-refractivity contribution in [2.45, 2.75) is 0 Å². The van der Waals surface area contributed by atoms with E-state index >= 15 is 0 Å². The molecule has 1 heterocycles. The quantitative estimate of drug-likeness (QED) is 0.707. The van der Waals surface area contributed by atoms with E-state index in [0.717, 1.165) is 0 Å². The van der Waals surface area contributed by atoms with Gasteiger partial charge in [0.25, 0.3) is 5.56 Å². The van der Waals surface area contributed by atoms with Gasteiger partial charge in [0.2, 0.25) is 5.91 Å². The van der Waals surface area contributed by atoms with Crippen molar-refractivity contribution < 1.29 is 9.90 Å². The normalized spacial score (nSPS) is 10.4. The Hall–Kier alpha value is -2.01. The number of H-pyrrole nitrogens is 1. The predicted molar refractivity (Wildman–Crippen MR) is 65.6 cm³/mol. The second-order valence-corrected chi connectivity index (χ2v) is 3.67. The van der Waals surface area contributed by atoms with Crippen LogP contribution in [0, 0.1) is 0 Å². The number of aromatic hydroxyl groups is 1. The monoisotopic (exact) mass is 252 g/mol. The largest absolute Gasteiger partial charge is 0.505 e. The van der Waals surface area contributed by atoms with E-state index in [1.807, 2.05) is 0 Å². The first-order valence-corrected chi connectivity index (χ1v) is 5.36. The van der Waals surface area contributed by atoms with Crippen molar-refractivity contribution in [3.8, 4) is 5.75 Å². The molecule has 0 aliphatic heterocycles. The Kier molecular flexibility index (Phi) is 3.01. The van der Waals surface area contributed by atoms with E-state index < -0.39 is 11.5 Å². The van der Waals surface area contributed by atoms with Crippen LogP contribution in [0.1, 0.15) is 0 Å². The third-order valence-corrected chi connectivity index (χ3v) is 2.52. The second kappa shape index (κ2) is 4.47. The Balaban J connectivity index is 2.64. The first-order chi connectivity index (χ1) is 8.13. The first-order valence-electron chi connectivity index (χ1n) is 4.83. The molecule has 0 aliphatic carbocycles. The number of anilines is 1. The minimum Gasteiger partial charge on any atom is -0.505 e. The third kappa shape index (κ3) is 2.09.